The minimum Gasteiger partial charge on any atom is -0.480 e. The number of rotatable bonds is 11. The summed E-state index contributed by atoms with van der Waals surface area (Å²) in [5.74, 6) is -2.97. The third kappa shape index (κ3) is 6.07. The number of aromatic nitrogens is 1. The van der Waals surface area contributed by atoms with E-state index in [1.807, 2.05) is 0 Å². The summed E-state index contributed by atoms with van der Waals surface area (Å²) in [6, 6.07) is 3.26. The molecule has 30 heavy (non-hydrogen) atoms. The topological polar surface area (TPSA) is 145 Å². The predicted molar refractivity (Wildman–Crippen MR) is 105 cm³/mol. The van der Waals surface area contributed by atoms with Gasteiger partial charge in [0, 0.05) is 24.4 Å². The number of H-pyrrole nitrogens is 1. The standard InChI is InChI=1S/C20H23FN4O5/c1-11(2)30-17(8-12-9-23-18-14(12)4-3-5-15(18)21)19(27)25-16(20(28)29)7-6-13(26)10-24-22/h3-5,9-11,16-17,23H,6-8H2,1-2H3,(H,25,27)(H,28,29)/t16-,17-/m0/s1. The number of aromatic amines is 1. The fraction of sp³-hybridized carbons (Fsp3) is 0.400. The van der Waals surface area contributed by atoms with E-state index in [4.69, 9.17) is 10.3 Å². The first-order valence-corrected chi connectivity index (χ1v) is 9.36. The van der Waals surface area contributed by atoms with Crippen LogP contribution in [0.4, 0.5) is 4.39 Å². The summed E-state index contributed by atoms with van der Waals surface area (Å²) >= 11 is 0. The summed E-state index contributed by atoms with van der Waals surface area (Å²) in [5.41, 5.74) is 9.30. The molecule has 0 saturated heterocycles. The monoisotopic (exact) mass is 418 g/mol. The number of nitrogens with one attached hydrogen (secondary N) is 2. The lowest BCUT2D eigenvalue weighted by Crippen LogP contribution is -2.47. The number of amides is 1. The first-order chi connectivity index (χ1) is 14.2. The Labute approximate surface area is 171 Å². The molecule has 0 radical (unpaired) electrons. The lowest BCUT2D eigenvalue weighted by molar-refractivity contribution is -0.145. The van der Waals surface area contributed by atoms with Crippen molar-refractivity contribution in [1.29, 1.82) is 0 Å². The Morgan fingerprint density at radius 1 is 1.37 bits per heavy atom. The van der Waals surface area contributed by atoms with Crippen LogP contribution in [-0.2, 0) is 25.5 Å². The second-order valence-corrected chi connectivity index (χ2v) is 7.00. The molecule has 2 rings (SSSR count). The van der Waals surface area contributed by atoms with Crippen molar-refractivity contribution in [1.82, 2.24) is 10.3 Å². The molecule has 0 unspecified atom stereocenters. The van der Waals surface area contributed by atoms with E-state index in [1.165, 1.54) is 6.07 Å². The smallest absolute Gasteiger partial charge is 0.326 e. The highest BCUT2D eigenvalue weighted by Gasteiger charge is 2.28. The minimum absolute atomic E-state index is 0.0932. The summed E-state index contributed by atoms with van der Waals surface area (Å²) in [5, 5.41) is 12.3. The second kappa shape index (κ2) is 10.4. The number of ketones is 1. The number of carbonyl (C=O) groups is 3. The van der Waals surface area contributed by atoms with Crippen LogP contribution < -0.4 is 5.32 Å². The number of hydrogen-bond acceptors (Lipinski definition) is 4. The first kappa shape index (κ1) is 22.9. The average Bonchev–Trinajstić information content (AvgIpc) is 3.08. The summed E-state index contributed by atoms with van der Waals surface area (Å²) in [4.78, 5) is 41.1. The quantitative estimate of drug-likeness (QED) is 0.290. The van der Waals surface area contributed by atoms with Crippen LogP contribution in [0.1, 0.15) is 32.3 Å². The van der Waals surface area contributed by atoms with E-state index in [0.717, 1.165) is 0 Å². The zero-order chi connectivity index (χ0) is 22.3. The van der Waals surface area contributed by atoms with Crippen LogP contribution >= 0.6 is 0 Å². The molecule has 2 aromatic rings. The van der Waals surface area contributed by atoms with Crippen molar-refractivity contribution in [2.24, 2.45) is 0 Å². The summed E-state index contributed by atoms with van der Waals surface area (Å²) < 4.78 is 19.6. The van der Waals surface area contributed by atoms with Crippen LogP contribution in [0.25, 0.3) is 16.4 Å². The van der Waals surface area contributed by atoms with Crippen LogP contribution in [0.3, 0.4) is 0 Å². The Morgan fingerprint density at radius 3 is 2.73 bits per heavy atom. The normalized spacial score (nSPS) is 12.9. The Kier molecular flexibility index (Phi) is 7.97. The average molecular weight is 418 g/mol. The maximum absolute atomic E-state index is 13.9. The van der Waals surface area contributed by atoms with Gasteiger partial charge in [0.25, 0.3) is 0 Å². The molecule has 9 nitrogen and oxygen atoms in total. The molecular formula is C20H23FN4O5. The van der Waals surface area contributed by atoms with Crippen LogP contribution in [0.2, 0.25) is 0 Å². The van der Waals surface area contributed by atoms with Gasteiger partial charge in [-0.1, -0.05) is 12.1 Å². The fourth-order valence-electron chi connectivity index (χ4n) is 3.01. The number of carboxylic acid groups (broad SMARTS) is 1. The summed E-state index contributed by atoms with van der Waals surface area (Å²) in [7, 11) is 0. The van der Waals surface area contributed by atoms with Crippen molar-refractivity contribution in [2.75, 3.05) is 0 Å². The number of ether oxygens (including phenoxy) is 1. The second-order valence-electron chi connectivity index (χ2n) is 7.00. The van der Waals surface area contributed by atoms with Crippen molar-refractivity contribution in [3.05, 3.63) is 41.3 Å². The molecule has 0 aliphatic rings. The highest BCUT2D eigenvalue weighted by atomic mass is 19.1. The largest absolute Gasteiger partial charge is 0.480 e. The van der Waals surface area contributed by atoms with Gasteiger partial charge in [-0.05, 0) is 31.9 Å². The number of carboxylic acids is 1. The number of para-hydroxylation sites is 1. The zero-order valence-corrected chi connectivity index (χ0v) is 16.6. The molecule has 0 aliphatic carbocycles. The van der Waals surface area contributed by atoms with Gasteiger partial charge in [0.05, 0.1) is 11.6 Å². The van der Waals surface area contributed by atoms with Gasteiger partial charge in [0.1, 0.15) is 18.0 Å². The van der Waals surface area contributed by atoms with Crippen LogP contribution in [0, 0.1) is 5.82 Å². The van der Waals surface area contributed by atoms with Crippen molar-refractivity contribution in [3.63, 3.8) is 0 Å². The molecule has 0 spiro atoms. The molecule has 0 aliphatic heterocycles. The Morgan fingerprint density at radius 2 is 2.10 bits per heavy atom. The van der Waals surface area contributed by atoms with E-state index < -0.39 is 35.6 Å². The third-order valence-corrected chi connectivity index (χ3v) is 4.38. The number of hydrogen-bond donors (Lipinski definition) is 3. The number of fused-ring (bicyclic) bond motifs is 1. The maximum atomic E-state index is 13.9. The first-order valence-electron chi connectivity index (χ1n) is 9.36. The van der Waals surface area contributed by atoms with Crippen LogP contribution in [0.5, 0.6) is 0 Å². The molecule has 0 bridgehead atoms. The molecule has 1 aromatic heterocycles. The van der Waals surface area contributed by atoms with Crippen LogP contribution in [-0.4, -0.2) is 57.0 Å². The van der Waals surface area contributed by atoms with Crippen molar-refractivity contribution in [2.45, 2.75) is 51.4 Å². The number of nitrogens with zero attached hydrogens (tertiary/aromatic N) is 2. The Balaban J connectivity index is 2.17. The molecule has 2 atom stereocenters. The van der Waals surface area contributed by atoms with Gasteiger partial charge in [-0.25, -0.2) is 9.18 Å². The Hall–Kier alpha value is -3.36. The van der Waals surface area contributed by atoms with Gasteiger partial charge in [0.2, 0.25) is 11.7 Å². The van der Waals surface area contributed by atoms with E-state index in [0.29, 0.717) is 22.7 Å². The van der Waals surface area contributed by atoms with E-state index in [9.17, 15) is 23.9 Å². The molecule has 10 heteroatoms. The van der Waals surface area contributed by atoms with Gasteiger partial charge in [0.15, 0.2) is 0 Å². The molecule has 0 fully saturated rings. The van der Waals surface area contributed by atoms with Gasteiger partial charge >= 0.3 is 12.2 Å². The predicted octanol–water partition coefficient (Wildman–Crippen LogP) is 1.86. The third-order valence-electron chi connectivity index (χ3n) is 4.38. The van der Waals surface area contributed by atoms with E-state index in [-0.39, 0.29) is 25.4 Å². The molecule has 1 heterocycles. The highest BCUT2D eigenvalue weighted by molar-refractivity contribution is 6.25. The fourth-order valence-corrected chi connectivity index (χ4v) is 3.01. The van der Waals surface area contributed by atoms with Crippen LogP contribution in [0.15, 0.2) is 24.4 Å². The highest BCUT2D eigenvalue weighted by Crippen LogP contribution is 2.23. The SMILES string of the molecule is CC(C)O[C@@H](Cc1c[nH]c2c(F)cccc12)C(=O)N[C@@H](CCC(=O)C=[N+]=[N-])C(=O)O. The van der Waals surface area contributed by atoms with Gasteiger partial charge < -0.3 is 25.7 Å². The molecule has 3 N–H and O–H groups in total. The molecule has 1 aromatic carbocycles. The molecule has 160 valence electrons. The number of aliphatic carboxylic acids is 1. The Bertz CT molecular complexity index is 981. The maximum Gasteiger partial charge on any atom is 0.326 e. The van der Waals surface area contributed by atoms with Gasteiger partial charge in [-0.2, -0.15) is 4.79 Å². The number of Topliss-reactive ketones (excluding diaryl/α,β-unsaturated/α-hetero) is 1. The van der Waals surface area contributed by atoms with Crippen molar-refractivity contribution < 1.29 is 33.4 Å². The van der Waals surface area contributed by atoms with E-state index in [2.05, 4.69) is 15.1 Å². The lowest BCUT2D eigenvalue weighted by atomic mass is 10.0. The lowest BCUT2D eigenvalue weighted by Gasteiger charge is -2.22. The molecular weight excluding hydrogens is 395 g/mol. The van der Waals surface area contributed by atoms with E-state index in [1.54, 1.807) is 32.2 Å². The summed E-state index contributed by atoms with van der Waals surface area (Å²) in [6.45, 7) is 3.47. The van der Waals surface area contributed by atoms with Gasteiger partial charge in [-0.3, -0.25) is 9.59 Å². The van der Waals surface area contributed by atoms with Gasteiger partial charge in [-0.15, -0.1) is 0 Å². The van der Waals surface area contributed by atoms with Crippen molar-refractivity contribution >= 4 is 34.8 Å². The zero-order valence-electron chi connectivity index (χ0n) is 16.6. The summed E-state index contributed by atoms with van der Waals surface area (Å²) in [6.07, 6.45) is 0.589. The molecule has 1 amide bonds. The number of halogens is 1. The van der Waals surface area contributed by atoms with E-state index >= 15 is 0 Å². The van der Waals surface area contributed by atoms with Crippen molar-refractivity contribution in [3.8, 4) is 0 Å². The number of benzene rings is 1. The molecule has 0 saturated carbocycles. The number of carbonyl (C=O) groups excluding carboxylic acids is 2. The minimum atomic E-state index is -1.33.